The average molecular weight is 385 g/mol. The van der Waals surface area contributed by atoms with Crippen molar-refractivity contribution in [1.82, 2.24) is 0 Å². The molecule has 0 aromatic heterocycles. The molecule has 1 atom stereocenters. The van der Waals surface area contributed by atoms with Gasteiger partial charge in [0.15, 0.2) is 5.78 Å². The van der Waals surface area contributed by atoms with E-state index in [-0.39, 0.29) is 5.78 Å². The maximum atomic E-state index is 13.8. The SMILES string of the molecule is O=[C]C1c2ccccc2-c2cccc(C(=O)c3cccc4c3Cc3ccccc3-4)c21. The second-order valence-corrected chi connectivity index (χ2v) is 7.90. The number of ketones is 1. The average Bonchev–Trinajstić information content (AvgIpc) is 3.34. The van der Waals surface area contributed by atoms with Gasteiger partial charge in [-0.1, -0.05) is 84.9 Å². The van der Waals surface area contributed by atoms with Crippen LogP contribution in [0.1, 0.15) is 44.1 Å². The molecule has 1 unspecified atom stereocenters. The third-order valence-corrected chi connectivity index (χ3v) is 6.41. The molecule has 4 aromatic rings. The number of carbonyl (C=O) groups is 1. The van der Waals surface area contributed by atoms with Crippen molar-refractivity contribution < 1.29 is 9.59 Å². The maximum Gasteiger partial charge on any atom is 0.211 e. The fourth-order valence-corrected chi connectivity index (χ4v) is 5.10. The number of hydrogen-bond acceptors (Lipinski definition) is 2. The Hall–Kier alpha value is -3.78. The first-order valence-corrected chi connectivity index (χ1v) is 10.1. The normalized spacial score (nSPS) is 15.1. The Morgan fingerprint density at radius 2 is 1.37 bits per heavy atom. The summed E-state index contributed by atoms with van der Waals surface area (Å²) < 4.78 is 0. The Morgan fingerprint density at radius 1 is 0.700 bits per heavy atom. The van der Waals surface area contributed by atoms with Crippen LogP contribution in [0.4, 0.5) is 0 Å². The molecule has 30 heavy (non-hydrogen) atoms. The van der Waals surface area contributed by atoms with E-state index in [0.29, 0.717) is 5.56 Å². The van der Waals surface area contributed by atoms with E-state index in [1.807, 2.05) is 66.7 Å². The van der Waals surface area contributed by atoms with Crippen molar-refractivity contribution in [3.63, 3.8) is 0 Å². The van der Waals surface area contributed by atoms with E-state index >= 15 is 0 Å². The molecular formula is C28H17O2. The van der Waals surface area contributed by atoms with Gasteiger partial charge in [0.2, 0.25) is 6.29 Å². The molecule has 0 saturated carbocycles. The Morgan fingerprint density at radius 3 is 2.20 bits per heavy atom. The molecule has 0 bridgehead atoms. The number of rotatable bonds is 3. The van der Waals surface area contributed by atoms with E-state index in [1.165, 1.54) is 11.1 Å². The summed E-state index contributed by atoms with van der Waals surface area (Å²) in [5, 5.41) is 0. The molecule has 0 aliphatic heterocycles. The van der Waals surface area contributed by atoms with Crippen molar-refractivity contribution in [3.8, 4) is 22.3 Å². The van der Waals surface area contributed by atoms with Crippen LogP contribution >= 0.6 is 0 Å². The lowest BCUT2D eigenvalue weighted by Crippen LogP contribution is -2.11. The van der Waals surface area contributed by atoms with Gasteiger partial charge in [0.1, 0.15) is 0 Å². The van der Waals surface area contributed by atoms with E-state index in [1.54, 1.807) is 0 Å². The standard InChI is InChI=1S/C28H17O2/c29-16-26-21-10-4-3-9-20(21)22-12-6-14-24(27(22)26)28(30)23-13-5-11-19-18-8-2-1-7-17(18)15-25(19)23/h1-14,26H,15H2. The molecule has 0 amide bonds. The van der Waals surface area contributed by atoms with E-state index in [9.17, 15) is 9.59 Å². The summed E-state index contributed by atoms with van der Waals surface area (Å²) in [6.07, 6.45) is 2.94. The Balaban J connectivity index is 1.53. The first-order chi connectivity index (χ1) is 14.8. The zero-order valence-corrected chi connectivity index (χ0v) is 16.2. The third-order valence-electron chi connectivity index (χ3n) is 6.41. The highest BCUT2D eigenvalue weighted by molar-refractivity contribution is 6.14. The van der Waals surface area contributed by atoms with Crippen molar-refractivity contribution in [2.45, 2.75) is 12.3 Å². The lowest BCUT2D eigenvalue weighted by atomic mass is 9.88. The third kappa shape index (κ3) is 2.25. The van der Waals surface area contributed by atoms with Gasteiger partial charge in [-0.15, -0.1) is 0 Å². The highest BCUT2D eigenvalue weighted by atomic mass is 16.1. The Bertz CT molecular complexity index is 1360. The zero-order chi connectivity index (χ0) is 20.2. The predicted molar refractivity (Wildman–Crippen MR) is 118 cm³/mol. The minimum absolute atomic E-state index is 0.0236. The van der Waals surface area contributed by atoms with Gasteiger partial charge in [-0.2, -0.15) is 0 Å². The van der Waals surface area contributed by atoms with Crippen LogP contribution in [0, 0.1) is 0 Å². The van der Waals surface area contributed by atoms with Crippen molar-refractivity contribution in [3.05, 3.63) is 118 Å². The van der Waals surface area contributed by atoms with E-state index < -0.39 is 5.92 Å². The maximum absolute atomic E-state index is 13.8. The summed E-state index contributed by atoms with van der Waals surface area (Å²) in [6, 6.07) is 27.9. The first-order valence-electron chi connectivity index (χ1n) is 10.1. The van der Waals surface area contributed by atoms with Crippen molar-refractivity contribution in [2.24, 2.45) is 0 Å². The number of carbonyl (C=O) groups excluding carboxylic acids is 2. The summed E-state index contributed by atoms with van der Waals surface area (Å²) in [4.78, 5) is 25.7. The number of fused-ring (bicyclic) bond motifs is 6. The predicted octanol–water partition coefficient (Wildman–Crippen LogP) is 5.71. The van der Waals surface area contributed by atoms with E-state index in [4.69, 9.17) is 0 Å². The molecule has 0 heterocycles. The van der Waals surface area contributed by atoms with Gasteiger partial charge in [0, 0.05) is 11.1 Å². The van der Waals surface area contributed by atoms with Crippen LogP contribution in [0.25, 0.3) is 22.3 Å². The second-order valence-electron chi connectivity index (χ2n) is 7.90. The minimum Gasteiger partial charge on any atom is -0.290 e. The molecule has 141 valence electrons. The lowest BCUT2D eigenvalue weighted by Gasteiger charge is -2.13. The highest BCUT2D eigenvalue weighted by Gasteiger charge is 2.34. The van der Waals surface area contributed by atoms with Gasteiger partial charge >= 0.3 is 0 Å². The molecular weight excluding hydrogens is 368 g/mol. The molecule has 0 N–H and O–H groups in total. The number of hydrogen-bond donors (Lipinski definition) is 0. The molecule has 1 radical (unpaired) electrons. The molecule has 2 heteroatoms. The molecule has 2 aliphatic carbocycles. The quantitative estimate of drug-likeness (QED) is 0.373. The van der Waals surface area contributed by atoms with Gasteiger partial charge in [-0.05, 0) is 50.9 Å². The van der Waals surface area contributed by atoms with Gasteiger partial charge in [-0.25, -0.2) is 0 Å². The van der Waals surface area contributed by atoms with E-state index in [2.05, 4.69) is 24.5 Å². The first kappa shape index (κ1) is 17.1. The van der Waals surface area contributed by atoms with Gasteiger partial charge in [0.25, 0.3) is 0 Å². The van der Waals surface area contributed by atoms with E-state index in [0.717, 1.165) is 45.4 Å². The molecule has 2 aliphatic rings. The lowest BCUT2D eigenvalue weighted by molar-refractivity contribution is 0.103. The molecule has 0 spiro atoms. The largest absolute Gasteiger partial charge is 0.290 e. The van der Waals surface area contributed by atoms with Crippen LogP contribution in [0.5, 0.6) is 0 Å². The zero-order valence-electron chi connectivity index (χ0n) is 16.2. The molecule has 0 fully saturated rings. The summed E-state index contributed by atoms with van der Waals surface area (Å²) in [5.74, 6) is -0.546. The Labute approximate surface area is 174 Å². The fourth-order valence-electron chi connectivity index (χ4n) is 5.10. The number of benzene rings is 4. The summed E-state index contributed by atoms with van der Waals surface area (Å²) in [6.45, 7) is 0. The van der Waals surface area contributed by atoms with Gasteiger partial charge in [0.05, 0.1) is 5.92 Å². The summed E-state index contributed by atoms with van der Waals surface area (Å²) in [7, 11) is 0. The smallest absolute Gasteiger partial charge is 0.211 e. The van der Waals surface area contributed by atoms with Gasteiger partial charge < -0.3 is 0 Å². The summed E-state index contributed by atoms with van der Waals surface area (Å²) >= 11 is 0. The van der Waals surface area contributed by atoms with Crippen molar-refractivity contribution >= 4 is 12.1 Å². The molecule has 2 nitrogen and oxygen atoms in total. The van der Waals surface area contributed by atoms with Crippen LogP contribution in [0.3, 0.4) is 0 Å². The second kappa shape index (κ2) is 6.36. The van der Waals surface area contributed by atoms with Crippen molar-refractivity contribution in [1.29, 1.82) is 0 Å². The molecule has 0 saturated heterocycles. The fraction of sp³-hybridized carbons (Fsp3) is 0.0714. The van der Waals surface area contributed by atoms with Crippen LogP contribution in [-0.2, 0) is 11.2 Å². The molecule has 6 rings (SSSR count). The van der Waals surface area contributed by atoms with Crippen LogP contribution < -0.4 is 0 Å². The van der Waals surface area contributed by atoms with Crippen LogP contribution in [0.2, 0.25) is 0 Å². The topological polar surface area (TPSA) is 34.1 Å². The molecule has 4 aromatic carbocycles. The summed E-state index contributed by atoms with van der Waals surface area (Å²) in [5.41, 5.74) is 9.65. The minimum atomic E-state index is -0.523. The highest BCUT2D eigenvalue weighted by Crippen LogP contribution is 2.46. The van der Waals surface area contributed by atoms with Crippen molar-refractivity contribution in [2.75, 3.05) is 0 Å². The van der Waals surface area contributed by atoms with Crippen LogP contribution in [-0.4, -0.2) is 12.1 Å². The monoisotopic (exact) mass is 385 g/mol. The van der Waals surface area contributed by atoms with Crippen LogP contribution in [0.15, 0.2) is 84.9 Å². The van der Waals surface area contributed by atoms with Gasteiger partial charge in [-0.3, -0.25) is 9.59 Å². The Kier molecular flexibility index (Phi) is 3.63.